The summed E-state index contributed by atoms with van der Waals surface area (Å²) in [7, 11) is 3.02. The van der Waals surface area contributed by atoms with Crippen LogP contribution in [-0.2, 0) is 9.59 Å². The Morgan fingerprint density at radius 1 is 1.22 bits per heavy atom. The predicted octanol–water partition coefficient (Wildman–Crippen LogP) is 2.14. The number of anilines is 1. The van der Waals surface area contributed by atoms with Crippen molar-refractivity contribution in [2.45, 2.75) is 38.1 Å². The highest BCUT2D eigenvalue weighted by molar-refractivity contribution is 6.10. The zero-order chi connectivity index (χ0) is 19.6. The molecule has 1 aliphatic carbocycles. The van der Waals surface area contributed by atoms with E-state index in [9.17, 15) is 14.4 Å². The Hall–Kier alpha value is -2.77. The van der Waals surface area contributed by atoms with E-state index in [4.69, 9.17) is 9.47 Å². The van der Waals surface area contributed by atoms with Gasteiger partial charge >= 0.3 is 6.03 Å². The molecule has 0 radical (unpaired) electrons. The number of urea groups is 1. The summed E-state index contributed by atoms with van der Waals surface area (Å²) >= 11 is 0. The fourth-order valence-corrected chi connectivity index (χ4v) is 3.86. The molecule has 146 valence electrons. The number of carbonyl (C=O) groups is 3. The van der Waals surface area contributed by atoms with Crippen molar-refractivity contribution in [2.75, 3.05) is 26.1 Å². The molecule has 1 saturated heterocycles. The van der Waals surface area contributed by atoms with E-state index in [2.05, 4.69) is 10.6 Å². The van der Waals surface area contributed by atoms with Crippen molar-refractivity contribution in [1.82, 2.24) is 10.2 Å². The maximum Gasteiger partial charge on any atom is 0.325 e. The number of ether oxygens (including phenoxy) is 2. The molecule has 1 saturated carbocycles. The highest BCUT2D eigenvalue weighted by Crippen LogP contribution is 2.38. The van der Waals surface area contributed by atoms with E-state index in [0.717, 1.165) is 24.2 Å². The second-order valence-corrected chi connectivity index (χ2v) is 7.09. The summed E-state index contributed by atoms with van der Waals surface area (Å²) in [6, 6.07) is 4.45. The highest BCUT2D eigenvalue weighted by Gasteiger charge is 2.55. The van der Waals surface area contributed by atoms with Gasteiger partial charge in [0.2, 0.25) is 5.91 Å². The number of methoxy groups -OCH3 is 2. The number of carbonyl (C=O) groups excluding carboxylic acids is 3. The van der Waals surface area contributed by atoms with Crippen LogP contribution in [0, 0.1) is 5.92 Å². The van der Waals surface area contributed by atoms with Crippen molar-refractivity contribution in [3.05, 3.63) is 18.2 Å². The smallest absolute Gasteiger partial charge is 0.325 e. The average molecular weight is 375 g/mol. The molecule has 3 rings (SSSR count). The first-order valence-electron chi connectivity index (χ1n) is 9.06. The largest absolute Gasteiger partial charge is 0.497 e. The number of imide groups is 1. The maximum absolute atomic E-state index is 12.9. The first-order valence-corrected chi connectivity index (χ1v) is 9.06. The second-order valence-electron chi connectivity index (χ2n) is 7.09. The number of nitrogens with zero attached hydrogens (tertiary/aromatic N) is 1. The lowest BCUT2D eigenvalue weighted by atomic mass is 9.73. The number of rotatable bonds is 5. The van der Waals surface area contributed by atoms with Crippen molar-refractivity contribution in [3.63, 3.8) is 0 Å². The molecule has 2 atom stereocenters. The monoisotopic (exact) mass is 375 g/mol. The second kappa shape index (κ2) is 7.46. The van der Waals surface area contributed by atoms with Crippen LogP contribution in [0.2, 0.25) is 0 Å². The van der Waals surface area contributed by atoms with Crippen LogP contribution in [0.15, 0.2) is 18.2 Å². The van der Waals surface area contributed by atoms with Crippen LogP contribution in [0.4, 0.5) is 10.5 Å². The summed E-state index contributed by atoms with van der Waals surface area (Å²) in [5.74, 6) is 0.329. The van der Waals surface area contributed by atoms with Gasteiger partial charge in [-0.05, 0) is 18.8 Å². The van der Waals surface area contributed by atoms with Crippen LogP contribution in [0.5, 0.6) is 11.5 Å². The van der Waals surface area contributed by atoms with Crippen LogP contribution in [-0.4, -0.2) is 49.0 Å². The van der Waals surface area contributed by atoms with Crippen molar-refractivity contribution in [1.29, 1.82) is 0 Å². The Kier molecular flexibility index (Phi) is 5.25. The molecule has 2 fully saturated rings. The lowest BCUT2D eigenvalue weighted by molar-refractivity contribution is -0.136. The molecule has 2 N–H and O–H groups in total. The standard InChI is InChI=1S/C19H25N3O5/c1-12-6-4-5-7-19(12)17(24)22(18(25)21-19)11-16(23)20-13-8-14(26-2)10-15(9-13)27-3/h8-10,12H,4-7,11H2,1-3H3,(H,20,23)(H,21,25)/t12-,19-/m1/s1. The van der Waals surface area contributed by atoms with Gasteiger partial charge in [-0.3, -0.25) is 14.5 Å². The average Bonchev–Trinajstić information content (AvgIpc) is 2.88. The molecule has 0 bridgehead atoms. The topological polar surface area (TPSA) is 97.0 Å². The van der Waals surface area contributed by atoms with Gasteiger partial charge in [0.15, 0.2) is 0 Å². The summed E-state index contributed by atoms with van der Waals surface area (Å²) in [5, 5.41) is 5.53. The van der Waals surface area contributed by atoms with E-state index < -0.39 is 17.5 Å². The molecule has 1 heterocycles. The van der Waals surface area contributed by atoms with E-state index in [1.54, 1.807) is 18.2 Å². The van der Waals surface area contributed by atoms with Crippen molar-refractivity contribution >= 4 is 23.5 Å². The number of hydrogen-bond donors (Lipinski definition) is 2. The molecule has 4 amide bonds. The fourth-order valence-electron chi connectivity index (χ4n) is 3.86. The van der Waals surface area contributed by atoms with Gasteiger partial charge in [-0.2, -0.15) is 0 Å². The van der Waals surface area contributed by atoms with Crippen LogP contribution in [0.25, 0.3) is 0 Å². The van der Waals surface area contributed by atoms with Crippen LogP contribution in [0.3, 0.4) is 0 Å². The minimum absolute atomic E-state index is 0.0541. The Morgan fingerprint density at radius 3 is 2.48 bits per heavy atom. The minimum Gasteiger partial charge on any atom is -0.497 e. The van der Waals surface area contributed by atoms with E-state index in [-0.39, 0.29) is 18.4 Å². The van der Waals surface area contributed by atoms with E-state index >= 15 is 0 Å². The molecule has 1 spiro atoms. The van der Waals surface area contributed by atoms with Gasteiger partial charge in [-0.15, -0.1) is 0 Å². The molecule has 1 aromatic carbocycles. The molecular weight excluding hydrogens is 350 g/mol. The van der Waals surface area contributed by atoms with Gasteiger partial charge in [0.25, 0.3) is 5.91 Å². The summed E-state index contributed by atoms with van der Waals surface area (Å²) in [6.07, 6.45) is 3.43. The predicted molar refractivity (Wildman–Crippen MR) is 98.8 cm³/mol. The molecule has 2 aliphatic rings. The zero-order valence-electron chi connectivity index (χ0n) is 15.8. The molecule has 0 aromatic heterocycles. The van der Waals surface area contributed by atoms with Crippen molar-refractivity contribution in [3.8, 4) is 11.5 Å². The lowest BCUT2D eigenvalue weighted by Crippen LogP contribution is -2.54. The number of hydrogen-bond acceptors (Lipinski definition) is 5. The van der Waals surface area contributed by atoms with Crippen LogP contribution >= 0.6 is 0 Å². The Labute approximate surface area is 158 Å². The van der Waals surface area contributed by atoms with Crippen LogP contribution < -0.4 is 20.1 Å². The third kappa shape index (κ3) is 3.56. The summed E-state index contributed by atoms with van der Waals surface area (Å²) in [6.45, 7) is 1.64. The van der Waals surface area contributed by atoms with Crippen molar-refractivity contribution < 1.29 is 23.9 Å². The maximum atomic E-state index is 12.9. The van der Waals surface area contributed by atoms with Gasteiger partial charge in [0, 0.05) is 23.9 Å². The minimum atomic E-state index is -0.866. The molecular formula is C19H25N3O5. The molecule has 27 heavy (non-hydrogen) atoms. The molecule has 1 aromatic rings. The molecule has 1 aliphatic heterocycles. The summed E-state index contributed by atoms with van der Waals surface area (Å²) in [4.78, 5) is 38.7. The van der Waals surface area contributed by atoms with Gasteiger partial charge in [-0.1, -0.05) is 19.8 Å². The van der Waals surface area contributed by atoms with Crippen LogP contribution in [0.1, 0.15) is 32.6 Å². The first kappa shape index (κ1) is 19.0. The number of amides is 4. The van der Waals surface area contributed by atoms with Gasteiger partial charge in [-0.25, -0.2) is 4.79 Å². The first-order chi connectivity index (χ1) is 12.9. The lowest BCUT2D eigenvalue weighted by Gasteiger charge is -2.36. The molecule has 8 heteroatoms. The van der Waals surface area contributed by atoms with Gasteiger partial charge < -0.3 is 20.1 Å². The van der Waals surface area contributed by atoms with Gasteiger partial charge in [0.1, 0.15) is 23.6 Å². The third-order valence-corrected chi connectivity index (χ3v) is 5.44. The van der Waals surface area contributed by atoms with Gasteiger partial charge in [0.05, 0.1) is 14.2 Å². The SMILES string of the molecule is COc1cc(NC(=O)CN2C(=O)N[C@@]3(CCCC[C@H]3C)C2=O)cc(OC)c1. The van der Waals surface area contributed by atoms with E-state index in [0.29, 0.717) is 23.6 Å². The number of benzene rings is 1. The fraction of sp³-hybridized carbons (Fsp3) is 0.526. The molecule has 0 unspecified atom stereocenters. The quantitative estimate of drug-likeness (QED) is 0.769. The summed E-state index contributed by atoms with van der Waals surface area (Å²) < 4.78 is 10.3. The Bertz CT molecular complexity index is 743. The summed E-state index contributed by atoms with van der Waals surface area (Å²) in [5.41, 5.74) is -0.404. The number of nitrogens with one attached hydrogen (secondary N) is 2. The Morgan fingerprint density at radius 2 is 1.89 bits per heavy atom. The van der Waals surface area contributed by atoms with Crippen molar-refractivity contribution in [2.24, 2.45) is 5.92 Å². The zero-order valence-corrected chi connectivity index (χ0v) is 15.8. The van der Waals surface area contributed by atoms with E-state index in [1.807, 2.05) is 6.92 Å². The third-order valence-electron chi connectivity index (χ3n) is 5.44. The van der Waals surface area contributed by atoms with E-state index in [1.165, 1.54) is 14.2 Å². The normalized spacial score (nSPS) is 24.7. The highest BCUT2D eigenvalue weighted by atomic mass is 16.5. The Balaban J connectivity index is 1.71. The molecule has 8 nitrogen and oxygen atoms in total.